The molecule has 1 aromatic rings. The summed E-state index contributed by atoms with van der Waals surface area (Å²) in [6.45, 7) is 5.76. The Morgan fingerprint density at radius 3 is 2.38 bits per heavy atom. The maximum absolute atomic E-state index is 5.25. The van der Waals surface area contributed by atoms with Crippen molar-refractivity contribution < 1.29 is 4.74 Å². The van der Waals surface area contributed by atoms with Crippen LogP contribution in [0.4, 0.5) is 0 Å². The van der Waals surface area contributed by atoms with Crippen molar-refractivity contribution in [3.63, 3.8) is 0 Å². The van der Waals surface area contributed by atoms with E-state index in [1.807, 2.05) is 43.3 Å². The van der Waals surface area contributed by atoms with Crippen molar-refractivity contribution in [3.8, 4) is 0 Å². The van der Waals surface area contributed by atoms with Crippen LogP contribution < -0.4 is 0 Å². The first kappa shape index (κ1) is 9.59. The number of hydrogen-bond donors (Lipinski definition) is 0. The molecule has 1 aromatic carbocycles. The highest BCUT2D eigenvalue weighted by Gasteiger charge is 1.98. The Labute approximate surface area is 79.4 Å². The van der Waals surface area contributed by atoms with Gasteiger partial charge in [-0.2, -0.15) is 0 Å². The molecule has 0 saturated heterocycles. The van der Waals surface area contributed by atoms with E-state index in [-0.39, 0.29) is 0 Å². The van der Waals surface area contributed by atoms with Crippen molar-refractivity contribution >= 4 is 5.76 Å². The van der Waals surface area contributed by atoms with E-state index in [9.17, 15) is 0 Å². The first-order valence-electron chi connectivity index (χ1n) is 4.20. The van der Waals surface area contributed by atoms with E-state index in [4.69, 9.17) is 4.74 Å². The lowest BCUT2D eigenvalue weighted by Crippen LogP contribution is -1.86. The van der Waals surface area contributed by atoms with Crippen LogP contribution in [0, 0.1) is 0 Å². The van der Waals surface area contributed by atoms with Gasteiger partial charge in [-0.1, -0.05) is 42.5 Å². The summed E-state index contributed by atoms with van der Waals surface area (Å²) in [5.41, 5.74) is 2.06. The monoisotopic (exact) mass is 174 g/mol. The molecule has 0 atom stereocenters. The lowest BCUT2D eigenvalue weighted by Gasteiger charge is -2.05. The van der Waals surface area contributed by atoms with Gasteiger partial charge in [0.1, 0.15) is 5.76 Å². The van der Waals surface area contributed by atoms with E-state index >= 15 is 0 Å². The third-order valence-electron chi connectivity index (χ3n) is 1.66. The normalized spacial score (nSPS) is 11.1. The van der Waals surface area contributed by atoms with Crippen molar-refractivity contribution in [2.24, 2.45) is 0 Å². The SMILES string of the molecule is C=C(C)/C=C(/OC)c1ccccc1. The average molecular weight is 174 g/mol. The third-order valence-corrected chi connectivity index (χ3v) is 1.66. The van der Waals surface area contributed by atoms with E-state index in [1.54, 1.807) is 7.11 Å². The second-order valence-electron chi connectivity index (χ2n) is 2.93. The van der Waals surface area contributed by atoms with E-state index in [0.717, 1.165) is 16.9 Å². The highest BCUT2D eigenvalue weighted by atomic mass is 16.5. The van der Waals surface area contributed by atoms with E-state index in [1.165, 1.54) is 0 Å². The zero-order valence-electron chi connectivity index (χ0n) is 8.08. The highest BCUT2D eigenvalue weighted by Crippen LogP contribution is 2.15. The van der Waals surface area contributed by atoms with Crippen LogP contribution >= 0.6 is 0 Å². The summed E-state index contributed by atoms with van der Waals surface area (Å²) in [6, 6.07) is 9.98. The summed E-state index contributed by atoms with van der Waals surface area (Å²) < 4.78 is 5.25. The number of rotatable bonds is 3. The smallest absolute Gasteiger partial charge is 0.126 e. The lowest BCUT2D eigenvalue weighted by atomic mass is 10.1. The molecular formula is C12H14O. The Morgan fingerprint density at radius 1 is 1.31 bits per heavy atom. The van der Waals surface area contributed by atoms with Crippen LogP contribution in [-0.4, -0.2) is 7.11 Å². The van der Waals surface area contributed by atoms with Crippen LogP contribution in [0.25, 0.3) is 5.76 Å². The topological polar surface area (TPSA) is 9.23 Å². The number of allylic oxidation sites excluding steroid dienone is 2. The number of hydrogen-bond acceptors (Lipinski definition) is 1. The Bertz CT molecular complexity index is 309. The maximum atomic E-state index is 5.25. The van der Waals surface area contributed by atoms with Gasteiger partial charge in [0.2, 0.25) is 0 Å². The fraction of sp³-hybridized carbons (Fsp3) is 0.167. The molecule has 0 saturated carbocycles. The Balaban J connectivity index is 2.98. The van der Waals surface area contributed by atoms with Crippen LogP contribution in [0.5, 0.6) is 0 Å². The van der Waals surface area contributed by atoms with E-state index < -0.39 is 0 Å². The van der Waals surface area contributed by atoms with Crippen LogP contribution in [0.2, 0.25) is 0 Å². The van der Waals surface area contributed by atoms with Crippen molar-refractivity contribution in [3.05, 3.63) is 54.1 Å². The second-order valence-corrected chi connectivity index (χ2v) is 2.93. The molecule has 0 fully saturated rings. The van der Waals surface area contributed by atoms with Crippen molar-refractivity contribution in [1.29, 1.82) is 0 Å². The molecule has 68 valence electrons. The summed E-state index contributed by atoms with van der Waals surface area (Å²) in [6.07, 6.45) is 1.93. The van der Waals surface area contributed by atoms with Crippen LogP contribution in [0.3, 0.4) is 0 Å². The molecule has 0 radical (unpaired) electrons. The first-order chi connectivity index (χ1) is 6.24. The van der Waals surface area contributed by atoms with Crippen molar-refractivity contribution in [2.75, 3.05) is 7.11 Å². The standard InChI is InChI=1S/C12H14O/c1-10(2)9-12(13-3)11-7-5-4-6-8-11/h4-9H,1H2,2-3H3/b12-9+. The second kappa shape index (κ2) is 4.51. The molecule has 0 N–H and O–H groups in total. The molecule has 0 aliphatic rings. The third kappa shape index (κ3) is 2.79. The Morgan fingerprint density at radius 2 is 1.92 bits per heavy atom. The summed E-state index contributed by atoms with van der Waals surface area (Å²) in [4.78, 5) is 0. The molecular weight excluding hydrogens is 160 g/mol. The van der Waals surface area contributed by atoms with Crippen LogP contribution in [0.15, 0.2) is 48.6 Å². The summed E-state index contributed by atoms with van der Waals surface area (Å²) in [7, 11) is 1.67. The molecule has 13 heavy (non-hydrogen) atoms. The summed E-state index contributed by atoms with van der Waals surface area (Å²) >= 11 is 0. The fourth-order valence-corrected chi connectivity index (χ4v) is 1.09. The molecule has 0 aliphatic heterocycles. The molecule has 1 heteroatoms. The van der Waals surface area contributed by atoms with Gasteiger partial charge in [0, 0.05) is 5.56 Å². The number of benzene rings is 1. The predicted octanol–water partition coefficient (Wildman–Crippen LogP) is 3.25. The highest BCUT2D eigenvalue weighted by molar-refractivity contribution is 5.62. The van der Waals surface area contributed by atoms with Crippen LogP contribution in [0.1, 0.15) is 12.5 Å². The van der Waals surface area contributed by atoms with Gasteiger partial charge in [-0.15, -0.1) is 0 Å². The van der Waals surface area contributed by atoms with E-state index in [2.05, 4.69) is 6.58 Å². The van der Waals surface area contributed by atoms with Gasteiger partial charge in [-0.3, -0.25) is 0 Å². The molecule has 1 rings (SSSR count). The molecule has 0 amide bonds. The minimum absolute atomic E-state index is 0.855. The zero-order valence-corrected chi connectivity index (χ0v) is 8.08. The van der Waals surface area contributed by atoms with Gasteiger partial charge in [0.05, 0.1) is 7.11 Å². The van der Waals surface area contributed by atoms with Gasteiger partial charge in [-0.05, 0) is 13.0 Å². The minimum atomic E-state index is 0.855. The average Bonchev–Trinajstić information content (AvgIpc) is 2.15. The fourth-order valence-electron chi connectivity index (χ4n) is 1.09. The van der Waals surface area contributed by atoms with Gasteiger partial charge < -0.3 is 4.74 Å². The van der Waals surface area contributed by atoms with Gasteiger partial charge in [0.15, 0.2) is 0 Å². The van der Waals surface area contributed by atoms with E-state index in [0.29, 0.717) is 0 Å². The zero-order chi connectivity index (χ0) is 9.68. The quantitative estimate of drug-likeness (QED) is 0.505. The molecule has 0 aromatic heterocycles. The molecule has 0 spiro atoms. The molecule has 0 heterocycles. The summed E-state index contributed by atoms with van der Waals surface area (Å²) in [5, 5.41) is 0. The number of methoxy groups -OCH3 is 1. The minimum Gasteiger partial charge on any atom is -0.496 e. The van der Waals surface area contributed by atoms with Crippen LogP contribution in [-0.2, 0) is 4.74 Å². The first-order valence-corrected chi connectivity index (χ1v) is 4.20. The largest absolute Gasteiger partial charge is 0.496 e. The predicted molar refractivity (Wildman–Crippen MR) is 56.2 cm³/mol. The molecule has 0 aliphatic carbocycles. The molecule has 0 bridgehead atoms. The van der Waals surface area contributed by atoms with Crippen molar-refractivity contribution in [2.45, 2.75) is 6.92 Å². The molecule has 1 nitrogen and oxygen atoms in total. The maximum Gasteiger partial charge on any atom is 0.126 e. The van der Waals surface area contributed by atoms with Crippen molar-refractivity contribution in [1.82, 2.24) is 0 Å². The summed E-state index contributed by atoms with van der Waals surface area (Å²) in [5.74, 6) is 0.855. The number of ether oxygens (including phenoxy) is 1. The Kier molecular flexibility index (Phi) is 3.32. The van der Waals surface area contributed by atoms with Gasteiger partial charge in [-0.25, -0.2) is 0 Å². The Hall–Kier alpha value is -1.50. The van der Waals surface area contributed by atoms with Gasteiger partial charge >= 0.3 is 0 Å². The molecule has 0 unspecified atom stereocenters. The van der Waals surface area contributed by atoms with Gasteiger partial charge in [0.25, 0.3) is 0 Å². The lowest BCUT2D eigenvalue weighted by molar-refractivity contribution is 0.370.